The molecule has 32 heavy (non-hydrogen) atoms. The van der Waals surface area contributed by atoms with Crippen LogP contribution in [0.1, 0.15) is 28.4 Å². The Morgan fingerprint density at radius 3 is 2.44 bits per heavy atom. The number of hydrogen-bond acceptors (Lipinski definition) is 4. The van der Waals surface area contributed by atoms with E-state index in [1.54, 1.807) is 16.8 Å². The molecule has 0 bridgehead atoms. The average Bonchev–Trinajstić information content (AvgIpc) is 3.22. The van der Waals surface area contributed by atoms with Crippen molar-refractivity contribution in [2.75, 3.05) is 6.61 Å². The summed E-state index contributed by atoms with van der Waals surface area (Å²) in [5, 5.41) is 7.01. The third-order valence-electron chi connectivity index (χ3n) is 4.84. The number of nitrogens with zero attached hydrogens (tertiary/aromatic N) is 3. The fraction of sp³-hybridized carbons (Fsp3) is 0.174. The number of ether oxygens (including phenoxy) is 1. The molecular weight excluding hydrogens is 421 g/mol. The standard InChI is InChI=1S/C23H19F3N4O2/c1-2-32-18-9-5-16(6-10-18)20-11-12-27-21-19(14-29-30(20)21)22(31)28-13-15-3-7-17(8-4-15)23(24,25)26/h3-12,14H,2,13H2,1H3,(H,28,31). The predicted octanol–water partition coefficient (Wildman–Crippen LogP) is 4.74. The lowest BCUT2D eigenvalue weighted by atomic mass is 10.1. The highest BCUT2D eigenvalue weighted by Crippen LogP contribution is 2.29. The van der Waals surface area contributed by atoms with Crippen molar-refractivity contribution in [3.63, 3.8) is 0 Å². The van der Waals surface area contributed by atoms with Gasteiger partial charge in [0.15, 0.2) is 5.65 Å². The van der Waals surface area contributed by atoms with Crippen LogP contribution in [0, 0.1) is 0 Å². The summed E-state index contributed by atoms with van der Waals surface area (Å²) in [6.45, 7) is 2.56. The lowest BCUT2D eigenvalue weighted by Gasteiger charge is -2.09. The maximum absolute atomic E-state index is 12.7. The Morgan fingerprint density at radius 1 is 1.06 bits per heavy atom. The van der Waals surface area contributed by atoms with Crippen LogP contribution in [0.4, 0.5) is 13.2 Å². The number of halogens is 3. The van der Waals surface area contributed by atoms with E-state index in [1.807, 2.05) is 31.2 Å². The fourth-order valence-electron chi connectivity index (χ4n) is 3.25. The van der Waals surface area contributed by atoms with Gasteiger partial charge in [-0.1, -0.05) is 12.1 Å². The Morgan fingerprint density at radius 2 is 1.78 bits per heavy atom. The van der Waals surface area contributed by atoms with Gasteiger partial charge in [0.1, 0.15) is 11.3 Å². The van der Waals surface area contributed by atoms with Gasteiger partial charge in [-0.15, -0.1) is 0 Å². The van der Waals surface area contributed by atoms with E-state index < -0.39 is 17.6 Å². The molecule has 0 fully saturated rings. The first-order valence-corrected chi connectivity index (χ1v) is 9.87. The van der Waals surface area contributed by atoms with Crippen LogP contribution in [-0.4, -0.2) is 27.1 Å². The van der Waals surface area contributed by atoms with Crippen molar-refractivity contribution in [1.82, 2.24) is 19.9 Å². The highest BCUT2D eigenvalue weighted by molar-refractivity contribution is 5.99. The van der Waals surface area contributed by atoms with Crippen LogP contribution in [0.15, 0.2) is 67.0 Å². The van der Waals surface area contributed by atoms with Gasteiger partial charge in [-0.25, -0.2) is 9.50 Å². The second-order valence-corrected chi connectivity index (χ2v) is 6.96. The van der Waals surface area contributed by atoms with Crippen LogP contribution in [0.3, 0.4) is 0 Å². The topological polar surface area (TPSA) is 68.5 Å². The number of fused-ring (bicyclic) bond motifs is 1. The summed E-state index contributed by atoms with van der Waals surface area (Å²) in [6, 6.07) is 13.9. The van der Waals surface area contributed by atoms with Gasteiger partial charge in [0, 0.05) is 18.3 Å². The zero-order valence-corrected chi connectivity index (χ0v) is 17.1. The third-order valence-corrected chi connectivity index (χ3v) is 4.84. The van der Waals surface area contributed by atoms with E-state index in [0.717, 1.165) is 29.1 Å². The number of alkyl halides is 3. The molecule has 0 saturated heterocycles. The highest BCUT2D eigenvalue weighted by atomic mass is 19.4. The molecule has 0 saturated carbocycles. The van der Waals surface area contributed by atoms with Crippen molar-refractivity contribution < 1.29 is 22.7 Å². The zero-order chi connectivity index (χ0) is 22.7. The maximum Gasteiger partial charge on any atom is 0.416 e. The minimum atomic E-state index is -4.40. The lowest BCUT2D eigenvalue weighted by molar-refractivity contribution is -0.137. The fourth-order valence-corrected chi connectivity index (χ4v) is 3.25. The second kappa shape index (κ2) is 8.70. The molecule has 2 aromatic heterocycles. The van der Waals surface area contributed by atoms with Crippen LogP contribution in [0.5, 0.6) is 5.75 Å². The van der Waals surface area contributed by atoms with Crippen molar-refractivity contribution in [2.45, 2.75) is 19.6 Å². The summed E-state index contributed by atoms with van der Waals surface area (Å²) in [5.74, 6) is 0.335. The number of aromatic nitrogens is 3. The van der Waals surface area contributed by atoms with E-state index in [-0.39, 0.29) is 12.1 Å². The van der Waals surface area contributed by atoms with Gasteiger partial charge in [0.2, 0.25) is 0 Å². The van der Waals surface area contributed by atoms with E-state index >= 15 is 0 Å². The van der Waals surface area contributed by atoms with Crippen molar-refractivity contribution in [2.24, 2.45) is 0 Å². The van der Waals surface area contributed by atoms with Gasteiger partial charge >= 0.3 is 6.18 Å². The number of rotatable bonds is 6. The van der Waals surface area contributed by atoms with Crippen molar-refractivity contribution in [1.29, 1.82) is 0 Å². The van der Waals surface area contributed by atoms with Crippen LogP contribution < -0.4 is 10.1 Å². The molecule has 0 radical (unpaired) electrons. The minimum Gasteiger partial charge on any atom is -0.494 e. The summed E-state index contributed by atoms with van der Waals surface area (Å²) in [4.78, 5) is 17.0. The first kappa shape index (κ1) is 21.4. The molecule has 0 atom stereocenters. The smallest absolute Gasteiger partial charge is 0.416 e. The lowest BCUT2D eigenvalue weighted by Crippen LogP contribution is -2.23. The Kier molecular flexibility index (Phi) is 5.81. The molecule has 0 unspecified atom stereocenters. The number of amides is 1. The molecule has 0 aliphatic heterocycles. The Labute approximate surface area is 181 Å². The maximum atomic E-state index is 12.7. The predicted molar refractivity (Wildman–Crippen MR) is 112 cm³/mol. The van der Waals surface area contributed by atoms with Gasteiger partial charge < -0.3 is 10.1 Å². The highest BCUT2D eigenvalue weighted by Gasteiger charge is 2.29. The summed E-state index contributed by atoms with van der Waals surface area (Å²) in [6.07, 6.45) is -1.39. The van der Waals surface area contributed by atoms with E-state index in [0.29, 0.717) is 17.8 Å². The number of nitrogens with one attached hydrogen (secondary N) is 1. The molecule has 4 aromatic rings. The normalized spacial score (nSPS) is 11.5. The second-order valence-electron chi connectivity index (χ2n) is 6.96. The minimum absolute atomic E-state index is 0.0763. The van der Waals surface area contributed by atoms with Crippen molar-refractivity contribution in [3.8, 4) is 17.0 Å². The summed E-state index contributed by atoms with van der Waals surface area (Å²) >= 11 is 0. The molecule has 164 valence electrons. The first-order chi connectivity index (χ1) is 15.4. The first-order valence-electron chi connectivity index (χ1n) is 9.87. The van der Waals surface area contributed by atoms with Crippen molar-refractivity contribution >= 4 is 11.6 Å². The molecule has 0 spiro atoms. The number of carbonyl (C=O) groups is 1. The van der Waals surface area contributed by atoms with E-state index in [4.69, 9.17) is 4.74 Å². The Balaban J connectivity index is 1.52. The van der Waals surface area contributed by atoms with Gasteiger partial charge in [-0.3, -0.25) is 4.79 Å². The largest absolute Gasteiger partial charge is 0.494 e. The Hall–Kier alpha value is -3.88. The average molecular weight is 440 g/mol. The molecule has 1 amide bonds. The molecule has 0 aliphatic rings. The summed E-state index contributed by atoms with van der Waals surface area (Å²) in [7, 11) is 0. The summed E-state index contributed by atoms with van der Waals surface area (Å²) < 4.78 is 45.1. The van der Waals surface area contributed by atoms with Crippen LogP contribution in [-0.2, 0) is 12.7 Å². The molecule has 0 aliphatic carbocycles. The number of benzene rings is 2. The van der Waals surface area contributed by atoms with Gasteiger partial charge in [-0.05, 0) is 55.0 Å². The zero-order valence-electron chi connectivity index (χ0n) is 17.1. The quantitative estimate of drug-likeness (QED) is 0.470. The van der Waals surface area contributed by atoms with Gasteiger partial charge in [-0.2, -0.15) is 18.3 Å². The summed E-state index contributed by atoms with van der Waals surface area (Å²) in [5.41, 5.74) is 2.08. The monoisotopic (exact) mass is 440 g/mol. The van der Waals surface area contributed by atoms with Gasteiger partial charge in [0.25, 0.3) is 5.91 Å². The van der Waals surface area contributed by atoms with Crippen molar-refractivity contribution in [3.05, 3.63) is 83.7 Å². The van der Waals surface area contributed by atoms with E-state index in [9.17, 15) is 18.0 Å². The molecular formula is C23H19F3N4O2. The molecule has 1 N–H and O–H groups in total. The molecule has 9 heteroatoms. The van der Waals surface area contributed by atoms with Crippen LogP contribution in [0.25, 0.3) is 16.9 Å². The third kappa shape index (κ3) is 4.41. The molecule has 2 aromatic carbocycles. The number of hydrogen-bond donors (Lipinski definition) is 1. The molecule has 2 heterocycles. The SMILES string of the molecule is CCOc1ccc(-c2ccnc3c(C(=O)NCc4ccc(C(F)(F)F)cc4)cnn23)cc1. The van der Waals surface area contributed by atoms with Crippen LogP contribution in [0.2, 0.25) is 0 Å². The van der Waals surface area contributed by atoms with Crippen LogP contribution >= 0.6 is 0 Å². The van der Waals surface area contributed by atoms with Gasteiger partial charge in [0.05, 0.1) is 24.1 Å². The van der Waals surface area contributed by atoms with E-state index in [2.05, 4.69) is 15.4 Å². The molecule has 6 nitrogen and oxygen atoms in total. The van der Waals surface area contributed by atoms with E-state index in [1.165, 1.54) is 18.3 Å². The molecule has 4 rings (SSSR count). The number of carbonyl (C=O) groups excluding carboxylic acids is 1. The Bertz CT molecular complexity index is 1230.